The number of anilines is 1. The van der Waals surface area contributed by atoms with Crippen molar-refractivity contribution in [1.82, 2.24) is 9.88 Å². The number of halogens is 3. The van der Waals surface area contributed by atoms with Crippen LogP contribution in [0.5, 0.6) is 0 Å². The number of aryl methyl sites for hydroxylation is 1. The fraction of sp³-hybridized carbons (Fsp3) is 0.297. The SMILES string of the molecule is CCN(CCCCc1c(C(=O)O)[nH]c2c(-c3ccc(C(=O)N4CCOCC4)cc3C(F)(F)F)cccc12)c1cccc2ccccc12. The Kier molecular flexibility index (Phi) is 9.22. The number of carboxylic acid groups (broad SMARTS) is 1. The number of hydrogen-bond donors (Lipinski definition) is 2. The number of fused-ring (bicyclic) bond motifs is 2. The van der Waals surface area contributed by atoms with Gasteiger partial charge in [-0.3, -0.25) is 4.79 Å². The van der Waals surface area contributed by atoms with Crippen LogP contribution in [-0.4, -0.2) is 66.3 Å². The Hall–Kier alpha value is -4.83. The normalized spacial score (nSPS) is 13.7. The highest BCUT2D eigenvalue weighted by Crippen LogP contribution is 2.41. The highest BCUT2D eigenvalue weighted by Gasteiger charge is 2.36. The molecule has 0 saturated carbocycles. The molecule has 0 unspecified atom stereocenters. The van der Waals surface area contributed by atoms with Gasteiger partial charge in [-0.2, -0.15) is 13.2 Å². The molecule has 0 atom stereocenters. The maximum atomic E-state index is 14.5. The first-order chi connectivity index (χ1) is 22.7. The molecule has 0 radical (unpaired) electrons. The van der Waals surface area contributed by atoms with Crippen molar-refractivity contribution in [3.63, 3.8) is 0 Å². The Bertz CT molecular complexity index is 1920. The summed E-state index contributed by atoms with van der Waals surface area (Å²) in [6.45, 7) is 4.97. The van der Waals surface area contributed by atoms with E-state index >= 15 is 0 Å². The number of carbonyl (C=O) groups is 2. The van der Waals surface area contributed by atoms with Crippen molar-refractivity contribution in [3.8, 4) is 11.1 Å². The summed E-state index contributed by atoms with van der Waals surface area (Å²) in [5.41, 5.74) is 1.09. The number of aromatic carboxylic acids is 1. The van der Waals surface area contributed by atoms with Gasteiger partial charge in [-0.05, 0) is 60.9 Å². The number of para-hydroxylation sites is 1. The fourth-order valence-electron chi connectivity index (χ4n) is 6.57. The first-order valence-corrected chi connectivity index (χ1v) is 15.9. The summed E-state index contributed by atoms with van der Waals surface area (Å²) >= 11 is 0. The van der Waals surface area contributed by atoms with Crippen molar-refractivity contribution in [1.29, 1.82) is 0 Å². The molecule has 0 aliphatic carbocycles. The van der Waals surface area contributed by atoms with E-state index in [0.29, 0.717) is 55.6 Å². The molecule has 244 valence electrons. The van der Waals surface area contributed by atoms with Crippen LogP contribution in [0.15, 0.2) is 78.9 Å². The summed E-state index contributed by atoms with van der Waals surface area (Å²) in [7, 11) is 0. The first-order valence-electron chi connectivity index (χ1n) is 15.9. The van der Waals surface area contributed by atoms with Crippen LogP contribution in [0.3, 0.4) is 0 Å². The summed E-state index contributed by atoms with van der Waals surface area (Å²) in [6, 6.07) is 23.0. The van der Waals surface area contributed by atoms with Crippen molar-refractivity contribution >= 4 is 39.2 Å². The van der Waals surface area contributed by atoms with E-state index < -0.39 is 23.6 Å². The van der Waals surface area contributed by atoms with Gasteiger partial charge in [-0.1, -0.05) is 60.7 Å². The Morgan fingerprint density at radius 1 is 0.915 bits per heavy atom. The van der Waals surface area contributed by atoms with Crippen LogP contribution >= 0.6 is 0 Å². The van der Waals surface area contributed by atoms with Gasteiger partial charge in [0.2, 0.25) is 0 Å². The van der Waals surface area contributed by atoms with Gasteiger partial charge < -0.3 is 24.6 Å². The molecule has 47 heavy (non-hydrogen) atoms. The number of aromatic amines is 1. The lowest BCUT2D eigenvalue weighted by Crippen LogP contribution is -2.40. The number of morpholine rings is 1. The molecule has 1 saturated heterocycles. The predicted octanol–water partition coefficient (Wildman–Crippen LogP) is 8.03. The monoisotopic (exact) mass is 643 g/mol. The molecule has 5 aromatic rings. The van der Waals surface area contributed by atoms with Gasteiger partial charge in [-0.25, -0.2) is 4.79 Å². The number of hydrogen-bond acceptors (Lipinski definition) is 4. The van der Waals surface area contributed by atoms with E-state index in [-0.39, 0.29) is 22.4 Å². The van der Waals surface area contributed by atoms with Gasteiger partial charge in [0.05, 0.1) is 24.3 Å². The molecular formula is C37H36F3N3O4. The topological polar surface area (TPSA) is 85.9 Å². The number of rotatable bonds is 10. The smallest absolute Gasteiger partial charge is 0.417 e. The zero-order valence-electron chi connectivity index (χ0n) is 26.1. The summed E-state index contributed by atoms with van der Waals surface area (Å²) in [6.07, 6.45) is -2.83. The van der Waals surface area contributed by atoms with Crippen LogP contribution < -0.4 is 4.90 Å². The second-order valence-electron chi connectivity index (χ2n) is 11.7. The molecule has 2 heterocycles. The number of nitrogens with one attached hydrogen (secondary N) is 1. The van der Waals surface area contributed by atoms with Crippen molar-refractivity contribution in [2.75, 3.05) is 44.3 Å². The highest BCUT2D eigenvalue weighted by molar-refractivity contribution is 6.04. The molecule has 0 bridgehead atoms. The van der Waals surface area contributed by atoms with E-state index in [0.717, 1.165) is 36.7 Å². The second-order valence-corrected chi connectivity index (χ2v) is 11.7. The third-order valence-electron chi connectivity index (χ3n) is 8.91. The number of alkyl halides is 3. The molecule has 6 rings (SSSR count). The van der Waals surface area contributed by atoms with Crippen molar-refractivity contribution < 1.29 is 32.6 Å². The van der Waals surface area contributed by atoms with Gasteiger partial charge in [0.25, 0.3) is 5.91 Å². The van der Waals surface area contributed by atoms with Crippen LogP contribution in [0.25, 0.3) is 32.8 Å². The van der Waals surface area contributed by atoms with E-state index in [4.69, 9.17) is 4.74 Å². The summed E-state index contributed by atoms with van der Waals surface area (Å²) in [4.78, 5) is 32.1. The number of carbonyl (C=O) groups excluding carboxylic acids is 1. The second kappa shape index (κ2) is 13.5. The molecule has 2 N–H and O–H groups in total. The number of unbranched alkanes of at least 4 members (excludes halogenated alkanes) is 1. The minimum absolute atomic E-state index is 0.0264. The molecule has 4 aromatic carbocycles. The van der Waals surface area contributed by atoms with Gasteiger partial charge >= 0.3 is 12.1 Å². The number of nitrogens with zero attached hydrogens (tertiary/aromatic N) is 2. The maximum Gasteiger partial charge on any atom is 0.417 e. The number of ether oxygens (including phenoxy) is 1. The lowest BCUT2D eigenvalue weighted by atomic mass is 9.94. The number of carboxylic acids is 1. The van der Waals surface area contributed by atoms with Crippen LogP contribution in [0.4, 0.5) is 18.9 Å². The van der Waals surface area contributed by atoms with E-state index in [9.17, 15) is 27.9 Å². The average molecular weight is 644 g/mol. The maximum absolute atomic E-state index is 14.5. The summed E-state index contributed by atoms with van der Waals surface area (Å²) in [5, 5.41) is 13.0. The lowest BCUT2D eigenvalue weighted by Gasteiger charge is -2.27. The molecule has 10 heteroatoms. The van der Waals surface area contributed by atoms with Crippen LogP contribution in [0.2, 0.25) is 0 Å². The van der Waals surface area contributed by atoms with Crippen LogP contribution in [-0.2, 0) is 17.3 Å². The molecule has 1 fully saturated rings. The Morgan fingerprint density at radius 2 is 1.64 bits per heavy atom. The van der Waals surface area contributed by atoms with Gasteiger partial charge in [0.1, 0.15) is 5.69 Å². The van der Waals surface area contributed by atoms with Crippen LogP contribution in [0.1, 0.15) is 51.7 Å². The molecule has 0 spiro atoms. The highest BCUT2D eigenvalue weighted by atomic mass is 19.4. The number of H-pyrrole nitrogens is 1. The Labute approximate surface area is 270 Å². The van der Waals surface area contributed by atoms with E-state index in [1.807, 2.05) is 18.2 Å². The van der Waals surface area contributed by atoms with Gasteiger partial charge in [0.15, 0.2) is 0 Å². The van der Waals surface area contributed by atoms with E-state index in [2.05, 4.69) is 41.1 Å². The van der Waals surface area contributed by atoms with Crippen LogP contribution in [0, 0.1) is 0 Å². The molecule has 7 nitrogen and oxygen atoms in total. The minimum Gasteiger partial charge on any atom is -0.477 e. The largest absolute Gasteiger partial charge is 0.477 e. The molecular weight excluding hydrogens is 607 g/mol. The zero-order chi connectivity index (χ0) is 33.1. The summed E-state index contributed by atoms with van der Waals surface area (Å²) in [5.74, 6) is -1.66. The molecule has 1 amide bonds. The van der Waals surface area contributed by atoms with Crippen molar-refractivity contribution in [2.45, 2.75) is 32.4 Å². The third kappa shape index (κ3) is 6.55. The zero-order valence-corrected chi connectivity index (χ0v) is 26.1. The number of benzene rings is 4. The molecule has 1 aromatic heterocycles. The molecule has 1 aliphatic rings. The van der Waals surface area contributed by atoms with Crippen molar-refractivity contribution in [2.24, 2.45) is 0 Å². The summed E-state index contributed by atoms with van der Waals surface area (Å²) < 4.78 is 48.7. The minimum atomic E-state index is -4.75. The lowest BCUT2D eigenvalue weighted by molar-refractivity contribution is -0.137. The van der Waals surface area contributed by atoms with Crippen molar-refractivity contribution in [3.05, 3.63) is 101 Å². The first kappa shape index (κ1) is 32.1. The predicted molar refractivity (Wildman–Crippen MR) is 177 cm³/mol. The van der Waals surface area contributed by atoms with Gasteiger partial charge in [0, 0.05) is 53.8 Å². The molecule has 1 aliphatic heterocycles. The van der Waals surface area contributed by atoms with E-state index in [1.165, 1.54) is 22.4 Å². The third-order valence-corrected chi connectivity index (χ3v) is 8.91. The Balaban J connectivity index is 1.28. The van der Waals surface area contributed by atoms with E-state index in [1.54, 1.807) is 18.2 Å². The standard InChI is InChI=1S/C37H36F3N3O4/c1-2-42(32-15-7-10-24-9-3-4-11-26(24)32)18-6-5-12-30-29-14-8-13-28(33(29)41-34(30)36(45)46)27-17-16-25(23-31(27)37(38,39)40)35(44)43-19-21-47-22-20-43/h3-4,7-11,13-17,23,41H,2,5-6,12,18-22H2,1H3,(H,45,46). The number of amides is 1. The Morgan fingerprint density at radius 3 is 2.38 bits per heavy atom. The fourth-order valence-corrected chi connectivity index (χ4v) is 6.57. The van der Waals surface area contributed by atoms with Gasteiger partial charge in [-0.15, -0.1) is 0 Å². The number of aromatic nitrogens is 1. The quantitative estimate of drug-likeness (QED) is 0.151. The average Bonchev–Trinajstić information content (AvgIpc) is 3.47.